The van der Waals surface area contributed by atoms with Crippen molar-refractivity contribution in [1.29, 1.82) is 0 Å². The van der Waals surface area contributed by atoms with Gasteiger partial charge < -0.3 is 24.4 Å². The van der Waals surface area contributed by atoms with Crippen molar-refractivity contribution < 1.29 is 29.0 Å². The first kappa shape index (κ1) is 27.9. The van der Waals surface area contributed by atoms with Crippen molar-refractivity contribution in [3.63, 3.8) is 0 Å². The minimum Gasteiger partial charge on any atom is -0.465 e. The number of esters is 1. The minimum absolute atomic E-state index is 0.0589. The van der Waals surface area contributed by atoms with Crippen LogP contribution in [0.15, 0.2) is 25.3 Å². The number of hydrogen-bond donors (Lipinski definition) is 1. The third kappa shape index (κ3) is 4.60. The second-order valence-corrected chi connectivity index (χ2v) is 11.3. The molecule has 3 heterocycles. The predicted octanol–water partition coefficient (Wildman–Crippen LogP) is 2.68. The molecule has 9 heteroatoms. The molecule has 0 aromatic heterocycles. The SMILES string of the molecule is C=CCCOC(=O)[C@H]1[C@@H]2OC3(CC2Br)C(C(=O)N(CC=C)C(C)C)N([C@@H](CO)[C@@H](C)CC)C(=O)[C@H]13. The molecule has 2 amide bonds. The summed E-state index contributed by atoms with van der Waals surface area (Å²) in [5.41, 5.74) is -1.18. The molecule has 3 fully saturated rings. The topological polar surface area (TPSA) is 96.4 Å². The van der Waals surface area contributed by atoms with E-state index in [1.54, 1.807) is 17.1 Å². The summed E-state index contributed by atoms with van der Waals surface area (Å²) in [5.74, 6) is -2.80. The first-order valence-corrected chi connectivity index (χ1v) is 13.5. The van der Waals surface area contributed by atoms with Crippen LogP contribution in [0.1, 0.15) is 47.0 Å². The van der Waals surface area contributed by atoms with Gasteiger partial charge in [-0.1, -0.05) is 48.4 Å². The number of fused-ring (bicyclic) bond motifs is 1. The Morgan fingerprint density at radius 3 is 2.57 bits per heavy atom. The van der Waals surface area contributed by atoms with Crippen LogP contribution in [0.25, 0.3) is 0 Å². The number of hydrogen-bond acceptors (Lipinski definition) is 6. The predicted molar refractivity (Wildman–Crippen MR) is 136 cm³/mol. The van der Waals surface area contributed by atoms with Gasteiger partial charge in [0.25, 0.3) is 0 Å². The largest absolute Gasteiger partial charge is 0.465 e. The average molecular weight is 556 g/mol. The molecule has 0 aliphatic carbocycles. The summed E-state index contributed by atoms with van der Waals surface area (Å²) in [7, 11) is 0. The van der Waals surface area contributed by atoms with Gasteiger partial charge in [-0.15, -0.1) is 13.2 Å². The zero-order valence-corrected chi connectivity index (χ0v) is 22.8. The van der Waals surface area contributed by atoms with E-state index in [0.717, 1.165) is 0 Å². The molecular weight excluding hydrogens is 516 g/mol. The van der Waals surface area contributed by atoms with Crippen molar-refractivity contribution in [3.8, 4) is 0 Å². The molecule has 8 atom stereocenters. The molecule has 3 aliphatic heterocycles. The molecule has 3 aliphatic rings. The maximum Gasteiger partial charge on any atom is 0.312 e. The monoisotopic (exact) mass is 554 g/mol. The summed E-state index contributed by atoms with van der Waals surface area (Å²) in [5, 5.41) is 10.4. The fraction of sp³-hybridized carbons (Fsp3) is 0.731. The number of carbonyl (C=O) groups is 3. The van der Waals surface area contributed by atoms with Crippen molar-refractivity contribution >= 4 is 33.7 Å². The molecular formula is C26H39BrN2O6. The molecule has 3 rings (SSSR count). The molecule has 1 spiro atoms. The zero-order valence-electron chi connectivity index (χ0n) is 21.2. The summed E-state index contributed by atoms with van der Waals surface area (Å²) >= 11 is 3.66. The lowest BCUT2D eigenvalue weighted by atomic mass is 9.70. The van der Waals surface area contributed by atoms with Gasteiger partial charge in [0.2, 0.25) is 11.8 Å². The summed E-state index contributed by atoms with van der Waals surface area (Å²) in [4.78, 5) is 44.5. The van der Waals surface area contributed by atoms with E-state index in [1.165, 1.54) is 4.90 Å². The van der Waals surface area contributed by atoms with Gasteiger partial charge in [-0.05, 0) is 32.6 Å². The highest BCUT2D eigenvalue weighted by Gasteiger charge is 2.77. The van der Waals surface area contributed by atoms with Gasteiger partial charge >= 0.3 is 5.97 Å². The third-order valence-electron chi connectivity index (χ3n) is 7.88. The molecule has 35 heavy (non-hydrogen) atoms. The molecule has 1 N–H and O–H groups in total. The number of amides is 2. The first-order valence-electron chi connectivity index (χ1n) is 12.5. The van der Waals surface area contributed by atoms with Gasteiger partial charge in [0.1, 0.15) is 11.6 Å². The zero-order chi connectivity index (χ0) is 26.1. The van der Waals surface area contributed by atoms with Gasteiger partial charge in [0.05, 0.1) is 37.2 Å². The van der Waals surface area contributed by atoms with E-state index >= 15 is 0 Å². The molecule has 196 valence electrons. The van der Waals surface area contributed by atoms with E-state index in [-0.39, 0.29) is 41.8 Å². The molecule has 2 bridgehead atoms. The van der Waals surface area contributed by atoms with Crippen LogP contribution in [-0.4, -0.2) is 87.1 Å². The summed E-state index contributed by atoms with van der Waals surface area (Å²) in [6.07, 6.45) is 4.38. The maximum atomic E-state index is 14.2. The Morgan fingerprint density at radius 2 is 2.03 bits per heavy atom. The number of alkyl halides is 1. The van der Waals surface area contributed by atoms with Crippen molar-refractivity contribution in [1.82, 2.24) is 9.80 Å². The summed E-state index contributed by atoms with van der Waals surface area (Å²) in [6.45, 7) is 15.4. The number of aliphatic hydroxyl groups excluding tert-OH is 1. The number of likely N-dealkylation sites (tertiary alicyclic amines) is 1. The highest BCUT2D eigenvalue weighted by molar-refractivity contribution is 9.09. The number of carbonyl (C=O) groups excluding carboxylic acids is 3. The second-order valence-electron chi connectivity index (χ2n) is 10.2. The summed E-state index contributed by atoms with van der Waals surface area (Å²) < 4.78 is 12.0. The van der Waals surface area contributed by atoms with Gasteiger partial charge in [0, 0.05) is 17.4 Å². The number of aliphatic hydroxyl groups is 1. The highest BCUT2D eigenvalue weighted by atomic mass is 79.9. The van der Waals surface area contributed by atoms with E-state index in [1.807, 2.05) is 27.7 Å². The van der Waals surface area contributed by atoms with Gasteiger partial charge in [-0.3, -0.25) is 14.4 Å². The van der Waals surface area contributed by atoms with E-state index in [4.69, 9.17) is 9.47 Å². The lowest BCUT2D eigenvalue weighted by Gasteiger charge is -2.41. The second kappa shape index (κ2) is 11.1. The lowest BCUT2D eigenvalue weighted by Crippen LogP contribution is -2.60. The Labute approximate surface area is 216 Å². The van der Waals surface area contributed by atoms with Gasteiger partial charge in [-0.25, -0.2) is 0 Å². The number of nitrogens with zero attached hydrogens (tertiary/aromatic N) is 2. The standard InChI is InChI=1S/C26H39BrN2O6/c1-7-10-12-34-25(33)19-20-23(31)29(18(14-30)16(6)9-3)22(24(32)28(11-8-2)15(4)5)26(20)13-17(27)21(19)35-26/h7-8,15-22,30H,1-2,9-14H2,3-6H3/t16-,17?,18-,19+,20-,21+,22?,26?/m0/s1. The molecule has 0 saturated carbocycles. The Balaban J connectivity index is 2.11. The molecule has 0 aromatic rings. The van der Waals surface area contributed by atoms with E-state index < -0.39 is 41.6 Å². The third-order valence-corrected chi connectivity index (χ3v) is 8.72. The Kier molecular flexibility index (Phi) is 8.86. The number of rotatable bonds is 12. The van der Waals surface area contributed by atoms with E-state index in [2.05, 4.69) is 29.1 Å². The van der Waals surface area contributed by atoms with Crippen LogP contribution in [0.3, 0.4) is 0 Å². The molecule has 0 aromatic carbocycles. The van der Waals surface area contributed by atoms with E-state index in [9.17, 15) is 19.5 Å². The minimum atomic E-state index is -1.18. The van der Waals surface area contributed by atoms with E-state index in [0.29, 0.717) is 25.8 Å². The number of halogens is 1. The molecule has 8 nitrogen and oxygen atoms in total. The fourth-order valence-corrected chi connectivity index (χ4v) is 6.92. The quantitative estimate of drug-likeness (QED) is 0.172. The van der Waals surface area contributed by atoms with Crippen molar-refractivity contribution in [2.24, 2.45) is 17.8 Å². The Bertz CT molecular complexity index is 850. The van der Waals surface area contributed by atoms with Crippen LogP contribution < -0.4 is 0 Å². The average Bonchev–Trinajstić information content (AvgIpc) is 3.41. The first-order chi connectivity index (χ1) is 16.6. The lowest BCUT2D eigenvalue weighted by molar-refractivity contribution is -0.157. The van der Waals surface area contributed by atoms with Crippen LogP contribution in [0, 0.1) is 17.8 Å². The van der Waals surface area contributed by atoms with Crippen molar-refractivity contribution in [3.05, 3.63) is 25.3 Å². The smallest absolute Gasteiger partial charge is 0.312 e. The summed E-state index contributed by atoms with van der Waals surface area (Å²) in [6, 6.07) is -1.67. The normalized spacial score (nSPS) is 32.9. The van der Waals surface area contributed by atoms with Crippen molar-refractivity contribution in [2.45, 2.75) is 81.6 Å². The number of ether oxygens (including phenoxy) is 2. The van der Waals surface area contributed by atoms with Crippen LogP contribution in [0.5, 0.6) is 0 Å². The Morgan fingerprint density at radius 1 is 1.34 bits per heavy atom. The molecule has 3 unspecified atom stereocenters. The van der Waals surface area contributed by atoms with Crippen LogP contribution >= 0.6 is 15.9 Å². The van der Waals surface area contributed by atoms with Crippen LogP contribution in [-0.2, 0) is 23.9 Å². The fourth-order valence-electron chi connectivity index (χ4n) is 5.98. The van der Waals surface area contributed by atoms with Gasteiger partial charge in [-0.2, -0.15) is 0 Å². The van der Waals surface area contributed by atoms with Crippen LogP contribution in [0.2, 0.25) is 0 Å². The molecule has 0 radical (unpaired) electrons. The highest BCUT2D eigenvalue weighted by Crippen LogP contribution is 2.61. The molecule has 3 saturated heterocycles. The van der Waals surface area contributed by atoms with Crippen molar-refractivity contribution in [2.75, 3.05) is 19.8 Å². The van der Waals surface area contributed by atoms with Crippen LogP contribution in [0.4, 0.5) is 0 Å². The maximum absolute atomic E-state index is 14.2. The van der Waals surface area contributed by atoms with Gasteiger partial charge in [0.15, 0.2) is 0 Å². The Hall–Kier alpha value is -1.71.